The molecule has 1 aliphatic carbocycles. The first-order valence-electron chi connectivity index (χ1n) is 5.13. The normalized spacial score (nSPS) is 21.5. The molecular weight excluding hydrogens is 150 g/mol. The van der Waals surface area contributed by atoms with Crippen LogP contribution in [0, 0.1) is 0 Å². The summed E-state index contributed by atoms with van der Waals surface area (Å²) < 4.78 is 5.54. The van der Waals surface area contributed by atoms with Gasteiger partial charge in [0.1, 0.15) is 0 Å². The third-order valence-electron chi connectivity index (χ3n) is 2.63. The van der Waals surface area contributed by atoms with E-state index in [1.54, 1.807) is 0 Å². The second-order valence-corrected chi connectivity index (χ2v) is 3.98. The highest BCUT2D eigenvalue weighted by molar-refractivity contribution is 4.88. The van der Waals surface area contributed by atoms with E-state index in [9.17, 15) is 0 Å². The van der Waals surface area contributed by atoms with Crippen LogP contribution in [0.15, 0.2) is 0 Å². The summed E-state index contributed by atoms with van der Waals surface area (Å²) in [6, 6.07) is 0. The first-order chi connectivity index (χ1) is 5.77. The lowest BCUT2D eigenvalue weighted by molar-refractivity contribution is 0.0847. The molecule has 0 amide bonds. The first kappa shape index (κ1) is 10.0. The molecule has 2 N–H and O–H groups in total. The molecule has 0 aromatic carbocycles. The molecule has 1 rings (SSSR count). The highest BCUT2D eigenvalue weighted by Gasteiger charge is 2.29. The molecule has 0 radical (unpaired) electrons. The molecule has 1 saturated carbocycles. The van der Waals surface area contributed by atoms with Gasteiger partial charge >= 0.3 is 0 Å². The summed E-state index contributed by atoms with van der Waals surface area (Å²) in [5.41, 5.74) is 6.14. The fourth-order valence-electron chi connectivity index (χ4n) is 1.75. The molecule has 0 spiro atoms. The van der Waals surface area contributed by atoms with Crippen molar-refractivity contribution >= 4 is 0 Å². The zero-order chi connectivity index (χ0) is 8.86. The van der Waals surface area contributed by atoms with Crippen molar-refractivity contribution in [3.8, 4) is 0 Å². The maximum Gasteiger partial charge on any atom is 0.0646 e. The van der Waals surface area contributed by atoms with E-state index < -0.39 is 0 Å². The van der Waals surface area contributed by atoms with Crippen LogP contribution in [0.2, 0.25) is 0 Å². The third-order valence-corrected chi connectivity index (χ3v) is 2.63. The molecule has 0 heterocycles. The van der Waals surface area contributed by atoms with E-state index in [-0.39, 0.29) is 5.54 Å². The van der Waals surface area contributed by atoms with Crippen molar-refractivity contribution in [1.29, 1.82) is 0 Å². The topological polar surface area (TPSA) is 35.2 Å². The van der Waals surface area contributed by atoms with Gasteiger partial charge in [0, 0.05) is 12.1 Å². The molecule has 2 nitrogen and oxygen atoms in total. The van der Waals surface area contributed by atoms with Crippen LogP contribution in [0.3, 0.4) is 0 Å². The number of nitrogens with two attached hydrogens (primary N) is 1. The predicted octanol–water partition coefficient (Wildman–Crippen LogP) is 2.07. The summed E-state index contributed by atoms with van der Waals surface area (Å²) >= 11 is 0. The van der Waals surface area contributed by atoms with E-state index in [1.165, 1.54) is 19.3 Å². The van der Waals surface area contributed by atoms with Gasteiger partial charge in [-0.2, -0.15) is 0 Å². The number of unbranched alkanes of at least 4 members (excludes halogenated alkanes) is 1. The summed E-state index contributed by atoms with van der Waals surface area (Å²) in [5, 5.41) is 0. The Morgan fingerprint density at radius 2 is 2.00 bits per heavy atom. The average Bonchev–Trinajstić information content (AvgIpc) is 2.47. The Morgan fingerprint density at radius 1 is 1.33 bits per heavy atom. The van der Waals surface area contributed by atoms with E-state index >= 15 is 0 Å². The Kier molecular flexibility index (Phi) is 4.02. The second kappa shape index (κ2) is 4.83. The van der Waals surface area contributed by atoms with Crippen molar-refractivity contribution in [3.63, 3.8) is 0 Å². The largest absolute Gasteiger partial charge is 0.380 e. The first-order valence-corrected chi connectivity index (χ1v) is 5.13. The van der Waals surface area contributed by atoms with Gasteiger partial charge in [-0.05, 0) is 19.3 Å². The van der Waals surface area contributed by atoms with Crippen molar-refractivity contribution in [2.75, 3.05) is 13.2 Å². The monoisotopic (exact) mass is 171 g/mol. The standard InChI is InChI=1S/C10H21NO/c1-2-3-8-12-9-10(11)6-4-5-7-10/h2-9,11H2,1H3. The molecule has 0 aromatic rings. The van der Waals surface area contributed by atoms with Gasteiger partial charge in [0.05, 0.1) is 6.61 Å². The summed E-state index contributed by atoms with van der Waals surface area (Å²) in [5.74, 6) is 0. The van der Waals surface area contributed by atoms with Gasteiger partial charge < -0.3 is 10.5 Å². The Labute approximate surface area is 75.5 Å². The number of hydrogen-bond acceptors (Lipinski definition) is 2. The van der Waals surface area contributed by atoms with Gasteiger partial charge in [-0.1, -0.05) is 26.2 Å². The lowest BCUT2D eigenvalue weighted by atomic mass is 10.0. The maximum absolute atomic E-state index is 6.12. The summed E-state index contributed by atoms with van der Waals surface area (Å²) in [4.78, 5) is 0. The molecular formula is C10H21NO. The molecule has 2 heteroatoms. The van der Waals surface area contributed by atoms with Crippen LogP contribution in [-0.4, -0.2) is 18.8 Å². The van der Waals surface area contributed by atoms with Crippen LogP contribution >= 0.6 is 0 Å². The predicted molar refractivity (Wildman–Crippen MR) is 51.1 cm³/mol. The average molecular weight is 171 g/mol. The second-order valence-electron chi connectivity index (χ2n) is 3.98. The number of hydrogen-bond donors (Lipinski definition) is 1. The van der Waals surface area contributed by atoms with E-state index in [1.807, 2.05) is 0 Å². The Hall–Kier alpha value is -0.0800. The van der Waals surface area contributed by atoms with Gasteiger partial charge in [0.15, 0.2) is 0 Å². The fourth-order valence-corrected chi connectivity index (χ4v) is 1.75. The molecule has 0 unspecified atom stereocenters. The van der Waals surface area contributed by atoms with Gasteiger partial charge in [0.2, 0.25) is 0 Å². The zero-order valence-electron chi connectivity index (χ0n) is 8.14. The van der Waals surface area contributed by atoms with E-state index in [0.717, 1.165) is 32.5 Å². The summed E-state index contributed by atoms with van der Waals surface area (Å²) in [6.07, 6.45) is 7.24. The quantitative estimate of drug-likeness (QED) is 0.643. The molecule has 1 aliphatic rings. The van der Waals surface area contributed by atoms with Crippen LogP contribution < -0.4 is 5.73 Å². The molecule has 72 valence electrons. The fraction of sp³-hybridized carbons (Fsp3) is 1.00. The number of ether oxygens (including phenoxy) is 1. The molecule has 0 saturated heterocycles. The minimum Gasteiger partial charge on any atom is -0.380 e. The zero-order valence-corrected chi connectivity index (χ0v) is 8.14. The molecule has 0 aromatic heterocycles. The SMILES string of the molecule is CCCCOCC1(N)CCCC1. The molecule has 0 atom stereocenters. The van der Waals surface area contributed by atoms with Crippen molar-refractivity contribution in [1.82, 2.24) is 0 Å². The van der Waals surface area contributed by atoms with Crippen molar-refractivity contribution in [3.05, 3.63) is 0 Å². The molecule has 1 fully saturated rings. The highest BCUT2D eigenvalue weighted by atomic mass is 16.5. The van der Waals surface area contributed by atoms with Crippen molar-refractivity contribution in [2.45, 2.75) is 51.0 Å². The highest BCUT2D eigenvalue weighted by Crippen LogP contribution is 2.27. The smallest absolute Gasteiger partial charge is 0.0646 e. The molecule has 12 heavy (non-hydrogen) atoms. The Bertz CT molecular complexity index is 119. The van der Waals surface area contributed by atoms with Crippen molar-refractivity contribution < 1.29 is 4.74 Å². The van der Waals surface area contributed by atoms with Crippen LogP contribution in [0.4, 0.5) is 0 Å². The Morgan fingerprint density at radius 3 is 2.58 bits per heavy atom. The minimum absolute atomic E-state index is 0.0216. The Balaban J connectivity index is 2.05. The van der Waals surface area contributed by atoms with Gasteiger partial charge in [-0.15, -0.1) is 0 Å². The summed E-state index contributed by atoms with van der Waals surface area (Å²) in [6.45, 7) is 3.83. The molecule has 0 aliphatic heterocycles. The van der Waals surface area contributed by atoms with Crippen LogP contribution in [0.1, 0.15) is 45.4 Å². The number of rotatable bonds is 5. The van der Waals surface area contributed by atoms with Gasteiger partial charge in [0.25, 0.3) is 0 Å². The lowest BCUT2D eigenvalue weighted by Gasteiger charge is -2.22. The van der Waals surface area contributed by atoms with Crippen LogP contribution in [0.25, 0.3) is 0 Å². The summed E-state index contributed by atoms with van der Waals surface area (Å²) in [7, 11) is 0. The van der Waals surface area contributed by atoms with Gasteiger partial charge in [-0.25, -0.2) is 0 Å². The lowest BCUT2D eigenvalue weighted by Crippen LogP contribution is -2.41. The van der Waals surface area contributed by atoms with Gasteiger partial charge in [-0.3, -0.25) is 0 Å². The van der Waals surface area contributed by atoms with Crippen LogP contribution in [-0.2, 0) is 4.74 Å². The van der Waals surface area contributed by atoms with Crippen molar-refractivity contribution in [2.24, 2.45) is 5.73 Å². The van der Waals surface area contributed by atoms with E-state index in [4.69, 9.17) is 10.5 Å². The minimum atomic E-state index is 0.0216. The third kappa shape index (κ3) is 3.11. The van der Waals surface area contributed by atoms with Crippen LogP contribution in [0.5, 0.6) is 0 Å². The molecule has 0 bridgehead atoms. The maximum atomic E-state index is 6.12. The van der Waals surface area contributed by atoms with E-state index in [2.05, 4.69) is 6.92 Å². The van der Waals surface area contributed by atoms with E-state index in [0.29, 0.717) is 0 Å².